The first kappa shape index (κ1) is 14.5. The maximum atomic E-state index is 4.12. The van der Waals surface area contributed by atoms with E-state index in [4.69, 9.17) is 0 Å². The summed E-state index contributed by atoms with van der Waals surface area (Å²) in [4.78, 5) is 6.23. The maximum Gasteiger partial charge on any atom is 0.137 e. The van der Waals surface area contributed by atoms with E-state index in [-0.39, 0.29) is 0 Å². The van der Waals surface area contributed by atoms with Crippen molar-refractivity contribution in [2.75, 3.05) is 25.5 Å². The van der Waals surface area contributed by atoms with Crippen molar-refractivity contribution >= 4 is 5.69 Å². The third-order valence-corrected chi connectivity index (χ3v) is 3.42. The Kier molecular flexibility index (Phi) is 5.12. The second kappa shape index (κ2) is 7.05. The van der Waals surface area contributed by atoms with E-state index in [0.29, 0.717) is 6.04 Å². The Morgan fingerprint density at radius 1 is 1.25 bits per heavy atom. The van der Waals surface area contributed by atoms with Gasteiger partial charge in [-0.2, -0.15) is 5.10 Å². The lowest BCUT2D eigenvalue weighted by molar-refractivity contribution is 0.554. The molecule has 2 rings (SSSR count). The lowest BCUT2D eigenvalue weighted by Crippen LogP contribution is -2.20. The number of hydrogen-bond donors (Lipinski definition) is 2. The lowest BCUT2D eigenvalue weighted by Gasteiger charge is -2.17. The van der Waals surface area contributed by atoms with E-state index in [0.717, 1.165) is 25.2 Å². The van der Waals surface area contributed by atoms with Crippen LogP contribution in [-0.4, -0.2) is 35.8 Å². The molecule has 0 aliphatic rings. The largest absolute Gasteiger partial charge is 0.378 e. The zero-order chi connectivity index (χ0) is 14.4. The van der Waals surface area contributed by atoms with Crippen LogP contribution in [0.25, 0.3) is 0 Å². The van der Waals surface area contributed by atoms with Crippen LogP contribution in [0.2, 0.25) is 0 Å². The SMILES string of the molecule is CC(NCCCc1ncn[nH]1)c1ccc(N(C)C)cc1. The number of nitrogens with zero attached hydrogens (tertiary/aromatic N) is 3. The topological polar surface area (TPSA) is 56.8 Å². The van der Waals surface area contributed by atoms with E-state index in [1.54, 1.807) is 6.33 Å². The molecule has 1 aromatic carbocycles. The van der Waals surface area contributed by atoms with Gasteiger partial charge in [-0.05, 0) is 37.6 Å². The minimum atomic E-state index is 0.362. The van der Waals surface area contributed by atoms with Gasteiger partial charge in [-0.15, -0.1) is 0 Å². The fourth-order valence-electron chi connectivity index (χ4n) is 2.10. The minimum absolute atomic E-state index is 0.362. The molecule has 0 spiro atoms. The molecule has 5 nitrogen and oxygen atoms in total. The highest BCUT2D eigenvalue weighted by atomic mass is 15.2. The summed E-state index contributed by atoms with van der Waals surface area (Å²) < 4.78 is 0. The van der Waals surface area contributed by atoms with Gasteiger partial charge in [0.15, 0.2) is 0 Å². The van der Waals surface area contributed by atoms with E-state index < -0.39 is 0 Å². The highest BCUT2D eigenvalue weighted by molar-refractivity contribution is 5.46. The Bertz CT molecular complexity index is 489. The highest BCUT2D eigenvalue weighted by Crippen LogP contribution is 2.17. The number of benzene rings is 1. The van der Waals surface area contributed by atoms with Gasteiger partial charge in [-0.1, -0.05) is 12.1 Å². The zero-order valence-electron chi connectivity index (χ0n) is 12.4. The number of nitrogens with one attached hydrogen (secondary N) is 2. The molecule has 1 aromatic heterocycles. The fourth-order valence-corrected chi connectivity index (χ4v) is 2.10. The van der Waals surface area contributed by atoms with Gasteiger partial charge in [0, 0.05) is 32.2 Å². The molecule has 108 valence electrons. The number of hydrogen-bond acceptors (Lipinski definition) is 4. The van der Waals surface area contributed by atoms with Crippen molar-refractivity contribution in [3.8, 4) is 0 Å². The molecule has 0 radical (unpaired) electrons. The van der Waals surface area contributed by atoms with Crippen molar-refractivity contribution in [3.05, 3.63) is 42.0 Å². The average molecular weight is 273 g/mol. The monoisotopic (exact) mass is 273 g/mol. The quantitative estimate of drug-likeness (QED) is 0.759. The van der Waals surface area contributed by atoms with Crippen LogP contribution in [0.15, 0.2) is 30.6 Å². The second-order valence-electron chi connectivity index (χ2n) is 5.20. The first-order valence-electron chi connectivity index (χ1n) is 7.01. The molecular weight excluding hydrogens is 250 g/mol. The summed E-state index contributed by atoms with van der Waals surface area (Å²) >= 11 is 0. The lowest BCUT2D eigenvalue weighted by atomic mass is 10.1. The standard InChI is InChI=1S/C15H23N5/c1-12(13-6-8-14(9-7-13)20(2)3)16-10-4-5-15-17-11-18-19-15/h6-9,11-12,16H,4-5,10H2,1-3H3,(H,17,18,19). The van der Waals surface area contributed by atoms with Gasteiger partial charge in [0.25, 0.3) is 0 Å². The molecule has 0 saturated heterocycles. The summed E-state index contributed by atoms with van der Waals surface area (Å²) in [5.41, 5.74) is 2.54. The maximum absolute atomic E-state index is 4.12. The van der Waals surface area contributed by atoms with Crippen LogP contribution >= 0.6 is 0 Å². The number of anilines is 1. The summed E-state index contributed by atoms with van der Waals surface area (Å²) in [6, 6.07) is 9.04. The van der Waals surface area contributed by atoms with Crippen molar-refractivity contribution in [1.82, 2.24) is 20.5 Å². The van der Waals surface area contributed by atoms with Crippen molar-refractivity contribution in [1.29, 1.82) is 0 Å². The third-order valence-electron chi connectivity index (χ3n) is 3.42. The summed E-state index contributed by atoms with van der Waals surface area (Å²) in [5.74, 6) is 0.954. The molecule has 0 saturated carbocycles. The molecule has 0 bridgehead atoms. The molecule has 2 aromatic rings. The molecule has 0 fully saturated rings. The van der Waals surface area contributed by atoms with E-state index in [2.05, 4.69) is 70.7 Å². The Hall–Kier alpha value is -1.88. The van der Waals surface area contributed by atoms with Crippen molar-refractivity contribution < 1.29 is 0 Å². The summed E-state index contributed by atoms with van der Waals surface area (Å²) in [7, 11) is 4.11. The number of aromatic amines is 1. The fraction of sp³-hybridized carbons (Fsp3) is 0.467. The Morgan fingerprint density at radius 2 is 2.00 bits per heavy atom. The van der Waals surface area contributed by atoms with Crippen LogP contribution < -0.4 is 10.2 Å². The van der Waals surface area contributed by atoms with Crippen LogP contribution in [0.1, 0.15) is 30.8 Å². The van der Waals surface area contributed by atoms with E-state index in [9.17, 15) is 0 Å². The second-order valence-corrected chi connectivity index (χ2v) is 5.20. The first-order valence-corrected chi connectivity index (χ1v) is 7.01. The minimum Gasteiger partial charge on any atom is -0.378 e. The molecule has 1 heterocycles. The summed E-state index contributed by atoms with van der Waals surface area (Å²) in [6.45, 7) is 3.16. The number of H-pyrrole nitrogens is 1. The van der Waals surface area contributed by atoms with Gasteiger partial charge in [0.1, 0.15) is 12.2 Å². The first-order chi connectivity index (χ1) is 9.66. The average Bonchev–Trinajstić information content (AvgIpc) is 2.96. The van der Waals surface area contributed by atoms with Crippen LogP contribution in [0.5, 0.6) is 0 Å². The Labute approximate surface area is 120 Å². The van der Waals surface area contributed by atoms with Crippen LogP contribution in [-0.2, 0) is 6.42 Å². The normalized spacial score (nSPS) is 12.3. The zero-order valence-corrected chi connectivity index (χ0v) is 12.4. The summed E-state index contributed by atoms with van der Waals surface area (Å²) in [6.07, 6.45) is 3.53. The molecule has 2 N–H and O–H groups in total. The van der Waals surface area contributed by atoms with Crippen molar-refractivity contribution in [2.45, 2.75) is 25.8 Å². The van der Waals surface area contributed by atoms with Gasteiger partial charge in [-0.3, -0.25) is 5.10 Å². The Morgan fingerprint density at radius 3 is 2.60 bits per heavy atom. The van der Waals surface area contributed by atoms with Gasteiger partial charge in [-0.25, -0.2) is 4.98 Å². The van der Waals surface area contributed by atoms with Crippen LogP contribution in [0.3, 0.4) is 0 Å². The summed E-state index contributed by atoms with van der Waals surface area (Å²) in [5, 5.41) is 10.3. The van der Waals surface area contributed by atoms with Crippen molar-refractivity contribution in [2.24, 2.45) is 0 Å². The molecular formula is C15H23N5. The smallest absolute Gasteiger partial charge is 0.137 e. The predicted octanol–water partition coefficient (Wildman–Crippen LogP) is 2.15. The van der Waals surface area contributed by atoms with Crippen LogP contribution in [0, 0.1) is 0 Å². The van der Waals surface area contributed by atoms with Crippen molar-refractivity contribution in [3.63, 3.8) is 0 Å². The number of rotatable bonds is 7. The highest BCUT2D eigenvalue weighted by Gasteiger charge is 2.05. The molecule has 1 unspecified atom stereocenters. The third kappa shape index (κ3) is 4.06. The van der Waals surface area contributed by atoms with Gasteiger partial charge in [0.05, 0.1) is 0 Å². The van der Waals surface area contributed by atoms with Gasteiger partial charge < -0.3 is 10.2 Å². The van der Waals surface area contributed by atoms with Gasteiger partial charge in [0.2, 0.25) is 0 Å². The molecule has 0 aliphatic heterocycles. The predicted molar refractivity (Wildman–Crippen MR) is 81.9 cm³/mol. The van der Waals surface area contributed by atoms with E-state index in [1.165, 1.54) is 11.3 Å². The number of aromatic nitrogens is 3. The van der Waals surface area contributed by atoms with Gasteiger partial charge >= 0.3 is 0 Å². The van der Waals surface area contributed by atoms with E-state index in [1.807, 2.05) is 0 Å². The molecule has 0 aliphatic carbocycles. The van der Waals surface area contributed by atoms with Crippen LogP contribution in [0.4, 0.5) is 5.69 Å². The molecule has 1 atom stereocenters. The molecule has 0 amide bonds. The Balaban J connectivity index is 1.75. The number of aryl methyl sites for hydroxylation is 1. The molecule has 5 heteroatoms. The molecule has 20 heavy (non-hydrogen) atoms. The van der Waals surface area contributed by atoms with E-state index >= 15 is 0 Å².